The number of benzene rings is 2. The van der Waals surface area contributed by atoms with Gasteiger partial charge in [0.05, 0.1) is 5.56 Å². The van der Waals surface area contributed by atoms with Crippen molar-refractivity contribution in [2.24, 2.45) is 0 Å². The number of para-hydroxylation sites is 1. The summed E-state index contributed by atoms with van der Waals surface area (Å²) >= 11 is 1.39. The highest BCUT2D eigenvalue weighted by atomic mass is 32.1. The predicted octanol–water partition coefficient (Wildman–Crippen LogP) is 3.69. The van der Waals surface area contributed by atoms with Crippen molar-refractivity contribution in [3.8, 4) is 11.3 Å². The molecule has 0 spiro atoms. The van der Waals surface area contributed by atoms with Crippen molar-refractivity contribution in [2.75, 3.05) is 23.4 Å². The fraction of sp³-hybridized carbons (Fsp3) is 0.0588. The SMILES string of the molecule is CNc1sc(NC(=O)c2ccccc2N)nc1-c1ccccc1. The van der Waals surface area contributed by atoms with Crippen molar-refractivity contribution >= 4 is 33.1 Å². The predicted molar refractivity (Wildman–Crippen MR) is 95.9 cm³/mol. The van der Waals surface area contributed by atoms with Crippen LogP contribution < -0.4 is 16.4 Å². The molecule has 5 nitrogen and oxygen atoms in total. The molecule has 0 radical (unpaired) electrons. The van der Waals surface area contributed by atoms with Crippen molar-refractivity contribution in [3.63, 3.8) is 0 Å². The van der Waals surface area contributed by atoms with Gasteiger partial charge in [-0.15, -0.1) is 0 Å². The molecule has 116 valence electrons. The van der Waals surface area contributed by atoms with Gasteiger partial charge >= 0.3 is 0 Å². The van der Waals surface area contributed by atoms with E-state index in [2.05, 4.69) is 15.6 Å². The normalized spacial score (nSPS) is 10.3. The van der Waals surface area contributed by atoms with E-state index in [1.807, 2.05) is 37.4 Å². The monoisotopic (exact) mass is 324 g/mol. The molecule has 0 bridgehead atoms. The topological polar surface area (TPSA) is 80.0 Å². The van der Waals surface area contributed by atoms with E-state index < -0.39 is 0 Å². The fourth-order valence-electron chi connectivity index (χ4n) is 2.20. The second kappa shape index (κ2) is 6.50. The molecule has 0 aliphatic carbocycles. The van der Waals surface area contributed by atoms with Gasteiger partial charge in [0.2, 0.25) is 0 Å². The largest absolute Gasteiger partial charge is 0.398 e. The van der Waals surface area contributed by atoms with Gasteiger partial charge in [-0.05, 0) is 12.1 Å². The Labute approximate surface area is 138 Å². The summed E-state index contributed by atoms with van der Waals surface area (Å²) in [6, 6.07) is 16.8. The number of amides is 1. The number of carbonyl (C=O) groups is 1. The number of nitrogen functional groups attached to an aromatic ring is 1. The maximum atomic E-state index is 12.3. The Balaban J connectivity index is 1.89. The van der Waals surface area contributed by atoms with Crippen molar-refractivity contribution in [1.29, 1.82) is 0 Å². The highest BCUT2D eigenvalue weighted by molar-refractivity contribution is 7.20. The molecule has 0 aliphatic heterocycles. The first-order valence-electron chi connectivity index (χ1n) is 7.09. The van der Waals surface area contributed by atoms with E-state index in [0.717, 1.165) is 16.3 Å². The number of nitrogens with zero attached hydrogens (tertiary/aromatic N) is 1. The number of thiazole rings is 1. The van der Waals surface area contributed by atoms with Crippen LogP contribution in [0.1, 0.15) is 10.4 Å². The molecular weight excluding hydrogens is 308 g/mol. The summed E-state index contributed by atoms with van der Waals surface area (Å²) in [6.45, 7) is 0. The van der Waals surface area contributed by atoms with Gasteiger partial charge in [-0.3, -0.25) is 10.1 Å². The van der Waals surface area contributed by atoms with Gasteiger partial charge < -0.3 is 11.1 Å². The number of hydrogen-bond acceptors (Lipinski definition) is 5. The third-order valence-corrected chi connectivity index (χ3v) is 4.32. The van der Waals surface area contributed by atoms with Crippen LogP contribution in [0.15, 0.2) is 54.6 Å². The molecule has 6 heteroatoms. The molecule has 0 fully saturated rings. The standard InChI is InChI=1S/C17H16N4OS/c1-19-16-14(11-7-3-2-4-8-11)20-17(23-16)21-15(22)12-9-5-6-10-13(12)18/h2-10,19H,18H2,1H3,(H,20,21,22). The van der Waals surface area contributed by atoms with E-state index in [-0.39, 0.29) is 5.91 Å². The van der Waals surface area contributed by atoms with Crippen LogP contribution in [0.5, 0.6) is 0 Å². The van der Waals surface area contributed by atoms with E-state index >= 15 is 0 Å². The highest BCUT2D eigenvalue weighted by Gasteiger charge is 2.15. The van der Waals surface area contributed by atoms with Crippen LogP contribution >= 0.6 is 11.3 Å². The van der Waals surface area contributed by atoms with Crippen LogP contribution in [0.2, 0.25) is 0 Å². The summed E-state index contributed by atoms with van der Waals surface area (Å²) < 4.78 is 0. The third-order valence-electron chi connectivity index (χ3n) is 3.33. The molecule has 0 aliphatic rings. The van der Waals surface area contributed by atoms with Crippen LogP contribution in [0, 0.1) is 0 Å². The second-order valence-electron chi connectivity index (χ2n) is 4.85. The van der Waals surface area contributed by atoms with Crippen LogP contribution in [0.3, 0.4) is 0 Å². The number of hydrogen-bond donors (Lipinski definition) is 3. The van der Waals surface area contributed by atoms with Gasteiger partial charge in [0.1, 0.15) is 10.7 Å². The van der Waals surface area contributed by atoms with Crippen LogP contribution in [0.4, 0.5) is 15.8 Å². The Morgan fingerprint density at radius 1 is 1.09 bits per heavy atom. The fourth-order valence-corrected chi connectivity index (χ4v) is 3.04. The summed E-state index contributed by atoms with van der Waals surface area (Å²) in [4.78, 5) is 16.9. The molecular formula is C17H16N4OS. The molecule has 1 heterocycles. The van der Waals surface area contributed by atoms with E-state index in [1.54, 1.807) is 24.3 Å². The smallest absolute Gasteiger partial charge is 0.259 e. The molecule has 0 saturated carbocycles. The lowest BCUT2D eigenvalue weighted by Crippen LogP contribution is -2.13. The zero-order chi connectivity index (χ0) is 16.2. The van der Waals surface area contributed by atoms with Gasteiger partial charge in [-0.25, -0.2) is 4.98 Å². The summed E-state index contributed by atoms with van der Waals surface area (Å²) in [7, 11) is 1.83. The van der Waals surface area contributed by atoms with Crippen molar-refractivity contribution < 1.29 is 4.79 Å². The Hall–Kier alpha value is -2.86. The first kappa shape index (κ1) is 15.1. The minimum Gasteiger partial charge on any atom is -0.398 e. The van der Waals surface area contributed by atoms with Crippen molar-refractivity contribution in [2.45, 2.75) is 0 Å². The Morgan fingerprint density at radius 3 is 2.48 bits per heavy atom. The first-order chi connectivity index (χ1) is 11.2. The summed E-state index contributed by atoms with van der Waals surface area (Å²) in [5.74, 6) is -0.265. The molecule has 0 unspecified atom stereocenters. The van der Waals surface area contributed by atoms with Crippen molar-refractivity contribution in [1.82, 2.24) is 4.98 Å². The van der Waals surface area contributed by atoms with E-state index in [0.29, 0.717) is 16.4 Å². The number of anilines is 3. The van der Waals surface area contributed by atoms with E-state index in [4.69, 9.17) is 5.73 Å². The number of rotatable bonds is 4. The third kappa shape index (κ3) is 3.17. The lowest BCUT2D eigenvalue weighted by atomic mass is 10.1. The van der Waals surface area contributed by atoms with Crippen LogP contribution in [-0.4, -0.2) is 17.9 Å². The average molecular weight is 324 g/mol. The lowest BCUT2D eigenvalue weighted by molar-refractivity contribution is 0.102. The number of nitrogens with one attached hydrogen (secondary N) is 2. The molecule has 3 rings (SSSR count). The van der Waals surface area contributed by atoms with Gasteiger partial charge in [-0.2, -0.15) is 0 Å². The summed E-state index contributed by atoms with van der Waals surface area (Å²) in [5, 5.41) is 7.36. The van der Waals surface area contributed by atoms with Gasteiger partial charge in [-0.1, -0.05) is 53.8 Å². The van der Waals surface area contributed by atoms with Gasteiger partial charge in [0, 0.05) is 18.3 Å². The van der Waals surface area contributed by atoms with E-state index in [9.17, 15) is 4.79 Å². The average Bonchev–Trinajstić information content (AvgIpc) is 2.99. The zero-order valence-corrected chi connectivity index (χ0v) is 13.4. The Kier molecular flexibility index (Phi) is 4.25. The number of nitrogens with two attached hydrogens (primary N) is 1. The first-order valence-corrected chi connectivity index (χ1v) is 7.90. The van der Waals surface area contributed by atoms with Crippen LogP contribution in [-0.2, 0) is 0 Å². The second-order valence-corrected chi connectivity index (χ2v) is 5.85. The maximum Gasteiger partial charge on any atom is 0.259 e. The molecule has 2 aromatic carbocycles. The number of carbonyl (C=O) groups excluding carboxylic acids is 1. The minimum atomic E-state index is -0.265. The molecule has 0 saturated heterocycles. The summed E-state index contributed by atoms with van der Waals surface area (Å²) in [6.07, 6.45) is 0. The molecule has 0 atom stereocenters. The molecule has 1 amide bonds. The molecule has 1 aromatic heterocycles. The quantitative estimate of drug-likeness (QED) is 0.640. The van der Waals surface area contributed by atoms with Gasteiger partial charge in [0.25, 0.3) is 5.91 Å². The molecule has 4 N–H and O–H groups in total. The minimum absolute atomic E-state index is 0.265. The van der Waals surface area contributed by atoms with Gasteiger partial charge in [0.15, 0.2) is 5.13 Å². The zero-order valence-electron chi connectivity index (χ0n) is 12.5. The highest BCUT2D eigenvalue weighted by Crippen LogP contribution is 2.35. The molecule has 3 aromatic rings. The van der Waals surface area contributed by atoms with E-state index in [1.165, 1.54) is 11.3 Å². The maximum absolute atomic E-state index is 12.3. The molecule has 23 heavy (non-hydrogen) atoms. The van der Waals surface area contributed by atoms with Crippen molar-refractivity contribution in [3.05, 3.63) is 60.2 Å². The summed E-state index contributed by atoms with van der Waals surface area (Å²) in [5.41, 5.74) is 8.53. The van der Waals surface area contributed by atoms with Crippen LogP contribution in [0.25, 0.3) is 11.3 Å². The Bertz CT molecular complexity index is 830. The lowest BCUT2D eigenvalue weighted by Gasteiger charge is -2.04. The Morgan fingerprint density at radius 2 is 1.78 bits per heavy atom. The number of aromatic nitrogens is 1.